The van der Waals surface area contributed by atoms with Gasteiger partial charge >= 0.3 is 0 Å². The highest BCUT2D eigenvalue weighted by Gasteiger charge is 2.24. The number of unbranched alkanes of at least 4 members (excludes halogenated alkanes) is 2. The second kappa shape index (κ2) is 14.3. The molecule has 0 unspecified atom stereocenters. The van der Waals surface area contributed by atoms with Crippen LogP contribution in [0.3, 0.4) is 0 Å². The van der Waals surface area contributed by atoms with E-state index >= 15 is 0 Å². The predicted molar refractivity (Wildman–Crippen MR) is 153 cm³/mol. The quantitative estimate of drug-likeness (QED) is 0.214. The summed E-state index contributed by atoms with van der Waals surface area (Å²) in [6.45, 7) is 5.43. The molecule has 39 heavy (non-hydrogen) atoms. The molecule has 0 amide bonds. The number of hydrogen-bond donors (Lipinski definition) is 0. The molecule has 0 atom stereocenters. The lowest BCUT2D eigenvalue weighted by atomic mass is 9.78. The summed E-state index contributed by atoms with van der Waals surface area (Å²) >= 11 is 0. The first kappa shape index (κ1) is 28.8. The molecule has 4 rings (SSSR count). The molecule has 0 radical (unpaired) electrons. The largest absolute Gasteiger partial charge is 0.494 e. The first-order valence-corrected chi connectivity index (χ1v) is 14.3. The highest BCUT2D eigenvalue weighted by atomic mass is 19.2. The number of halogens is 3. The van der Waals surface area contributed by atoms with E-state index in [4.69, 9.17) is 9.47 Å². The molecule has 3 aromatic rings. The molecule has 1 fully saturated rings. The highest BCUT2D eigenvalue weighted by Crippen LogP contribution is 2.38. The molecular weight excluding hydrogens is 497 g/mol. The van der Waals surface area contributed by atoms with Gasteiger partial charge in [0.1, 0.15) is 17.3 Å². The second-order valence-electron chi connectivity index (χ2n) is 10.4. The number of rotatable bonds is 12. The van der Waals surface area contributed by atoms with Crippen molar-refractivity contribution >= 4 is 6.08 Å². The molecule has 0 aliphatic heterocycles. The third kappa shape index (κ3) is 7.68. The van der Waals surface area contributed by atoms with E-state index < -0.39 is 11.6 Å². The topological polar surface area (TPSA) is 18.5 Å². The smallest absolute Gasteiger partial charge is 0.167 e. The minimum atomic E-state index is -0.849. The minimum Gasteiger partial charge on any atom is -0.494 e. The Bertz CT molecular complexity index is 1230. The third-order valence-corrected chi connectivity index (χ3v) is 7.54. The first-order valence-electron chi connectivity index (χ1n) is 14.3. The van der Waals surface area contributed by atoms with Crippen LogP contribution in [0, 0.1) is 23.4 Å². The number of allylic oxidation sites excluding steroid dienone is 1. The van der Waals surface area contributed by atoms with Gasteiger partial charge in [-0.15, -0.1) is 0 Å². The zero-order valence-corrected chi connectivity index (χ0v) is 23.0. The lowest BCUT2D eigenvalue weighted by Crippen LogP contribution is -2.13. The molecule has 1 aliphatic carbocycles. The molecule has 2 nitrogen and oxygen atoms in total. The molecule has 0 saturated heterocycles. The average Bonchev–Trinajstić information content (AvgIpc) is 2.95. The fourth-order valence-corrected chi connectivity index (χ4v) is 5.11. The summed E-state index contributed by atoms with van der Waals surface area (Å²) in [4.78, 5) is 0. The van der Waals surface area contributed by atoms with E-state index in [1.54, 1.807) is 42.5 Å². The van der Waals surface area contributed by atoms with Crippen molar-refractivity contribution in [3.8, 4) is 22.6 Å². The first-order chi connectivity index (χ1) is 19.0. The lowest BCUT2D eigenvalue weighted by molar-refractivity contribution is 0.307. The van der Waals surface area contributed by atoms with Crippen LogP contribution >= 0.6 is 0 Å². The van der Waals surface area contributed by atoms with E-state index in [0.717, 1.165) is 62.7 Å². The van der Waals surface area contributed by atoms with Crippen molar-refractivity contribution in [2.45, 2.75) is 71.1 Å². The zero-order chi connectivity index (χ0) is 27.6. The Balaban J connectivity index is 1.34. The van der Waals surface area contributed by atoms with Crippen LogP contribution in [0.15, 0.2) is 60.7 Å². The van der Waals surface area contributed by atoms with Gasteiger partial charge in [-0.3, -0.25) is 0 Å². The predicted octanol–water partition coefficient (Wildman–Crippen LogP) is 10.1. The van der Waals surface area contributed by atoms with Crippen LogP contribution in [-0.2, 0) is 0 Å². The molecule has 0 spiro atoms. The average molecular weight is 537 g/mol. The lowest BCUT2D eigenvalue weighted by Gasteiger charge is -2.27. The van der Waals surface area contributed by atoms with Crippen LogP contribution in [0.4, 0.5) is 13.2 Å². The van der Waals surface area contributed by atoms with E-state index in [-0.39, 0.29) is 28.8 Å². The molecule has 5 heteroatoms. The van der Waals surface area contributed by atoms with Gasteiger partial charge in [0.15, 0.2) is 11.6 Å². The van der Waals surface area contributed by atoms with Crippen molar-refractivity contribution in [1.82, 2.24) is 0 Å². The molecule has 3 aromatic carbocycles. The van der Waals surface area contributed by atoms with Gasteiger partial charge in [-0.05, 0) is 79.7 Å². The van der Waals surface area contributed by atoms with Crippen LogP contribution in [0.25, 0.3) is 17.2 Å². The Labute approximate surface area is 230 Å². The zero-order valence-electron chi connectivity index (χ0n) is 23.0. The summed E-state index contributed by atoms with van der Waals surface area (Å²) in [7, 11) is 0. The maximum atomic E-state index is 15.0. The van der Waals surface area contributed by atoms with Crippen LogP contribution < -0.4 is 9.47 Å². The standard InChI is InChI=1S/C34H39F3O2/c1-3-5-21-38-28-16-13-26(14-17-28)31-19-15-27(33(36)34(31)37)12-9-24-7-10-25(11-8-24)30-20-18-29(23-32(30)35)39-22-6-4-2/h9,12-20,23-25H,3-8,10-11,21-22H2,1-2H3/b12-9+. The fourth-order valence-electron chi connectivity index (χ4n) is 5.11. The van der Waals surface area contributed by atoms with Gasteiger partial charge in [0.25, 0.3) is 0 Å². The van der Waals surface area contributed by atoms with Crippen LogP contribution in [0.2, 0.25) is 0 Å². The summed E-state index contributed by atoms with van der Waals surface area (Å²) in [5, 5.41) is 0. The summed E-state index contributed by atoms with van der Waals surface area (Å²) < 4.78 is 55.9. The third-order valence-electron chi connectivity index (χ3n) is 7.54. The summed E-state index contributed by atoms with van der Waals surface area (Å²) in [5.41, 5.74) is 1.82. The minimum absolute atomic E-state index is 0.163. The maximum absolute atomic E-state index is 15.0. The molecule has 1 aliphatic rings. The van der Waals surface area contributed by atoms with Gasteiger partial charge in [-0.2, -0.15) is 0 Å². The van der Waals surface area contributed by atoms with E-state index in [1.165, 1.54) is 6.07 Å². The van der Waals surface area contributed by atoms with Gasteiger partial charge in [0.2, 0.25) is 0 Å². The molecule has 208 valence electrons. The van der Waals surface area contributed by atoms with Crippen LogP contribution in [0.5, 0.6) is 11.5 Å². The van der Waals surface area contributed by atoms with E-state index in [9.17, 15) is 13.2 Å². The number of benzene rings is 3. The fraction of sp³-hybridized carbons (Fsp3) is 0.412. The van der Waals surface area contributed by atoms with E-state index in [2.05, 4.69) is 13.8 Å². The number of hydrogen-bond acceptors (Lipinski definition) is 2. The molecule has 0 N–H and O–H groups in total. The van der Waals surface area contributed by atoms with E-state index in [0.29, 0.717) is 24.5 Å². The second-order valence-corrected chi connectivity index (χ2v) is 10.4. The Morgan fingerprint density at radius 1 is 0.744 bits per heavy atom. The van der Waals surface area contributed by atoms with Crippen molar-refractivity contribution < 1.29 is 22.6 Å². The Morgan fingerprint density at radius 2 is 1.38 bits per heavy atom. The monoisotopic (exact) mass is 536 g/mol. The molecule has 1 saturated carbocycles. The van der Waals surface area contributed by atoms with Gasteiger partial charge in [-0.1, -0.05) is 69.2 Å². The van der Waals surface area contributed by atoms with Crippen molar-refractivity contribution in [1.29, 1.82) is 0 Å². The van der Waals surface area contributed by atoms with Gasteiger partial charge in [0.05, 0.1) is 13.2 Å². The van der Waals surface area contributed by atoms with Gasteiger partial charge in [-0.25, -0.2) is 13.2 Å². The highest BCUT2D eigenvalue weighted by molar-refractivity contribution is 5.67. The Morgan fingerprint density at radius 3 is 2.03 bits per heavy atom. The summed E-state index contributed by atoms with van der Waals surface area (Å²) in [6, 6.07) is 15.5. The van der Waals surface area contributed by atoms with Crippen molar-refractivity contribution in [3.63, 3.8) is 0 Å². The Hall–Kier alpha value is -3.21. The summed E-state index contributed by atoms with van der Waals surface area (Å²) in [6.07, 6.45) is 11.1. The maximum Gasteiger partial charge on any atom is 0.167 e. The van der Waals surface area contributed by atoms with Crippen LogP contribution in [-0.4, -0.2) is 13.2 Å². The normalized spacial score (nSPS) is 17.5. The number of ether oxygens (including phenoxy) is 2. The Kier molecular flexibility index (Phi) is 10.5. The van der Waals surface area contributed by atoms with Crippen molar-refractivity contribution in [2.75, 3.05) is 13.2 Å². The van der Waals surface area contributed by atoms with Crippen LogP contribution in [0.1, 0.15) is 82.3 Å². The molecular formula is C34H39F3O2. The summed E-state index contributed by atoms with van der Waals surface area (Å²) in [5.74, 6) is -0.186. The SMILES string of the molecule is CCCCOc1ccc(-c2ccc(/C=C/C3CCC(c4ccc(OCCCC)cc4F)CC3)c(F)c2F)cc1. The van der Waals surface area contributed by atoms with Crippen molar-refractivity contribution in [3.05, 3.63) is 89.3 Å². The van der Waals surface area contributed by atoms with E-state index in [1.807, 2.05) is 18.2 Å². The molecule has 0 aromatic heterocycles. The molecule has 0 bridgehead atoms. The van der Waals surface area contributed by atoms with Gasteiger partial charge < -0.3 is 9.47 Å². The molecule has 0 heterocycles. The van der Waals surface area contributed by atoms with Crippen molar-refractivity contribution in [2.24, 2.45) is 5.92 Å². The van der Waals surface area contributed by atoms with Gasteiger partial charge in [0, 0.05) is 17.2 Å².